The first-order valence-corrected chi connectivity index (χ1v) is 11.8. The van der Waals surface area contributed by atoms with Crippen molar-refractivity contribution in [1.82, 2.24) is 10.2 Å². The summed E-state index contributed by atoms with van der Waals surface area (Å²) in [6.45, 7) is 7.85. The number of amides is 3. The number of nitrogens with one attached hydrogen (secondary N) is 1. The molecule has 0 fully saturated rings. The van der Waals surface area contributed by atoms with Gasteiger partial charge in [-0.05, 0) is 55.8 Å². The molecule has 0 saturated carbocycles. The van der Waals surface area contributed by atoms with E-state index in [0.29, 0.717) is 12.1 Å². The van der Waals surface area contributed by atoms with Gasteiger partial charge in [-0.1, -0.05) is 55.5 Å². The third-order valence-electron chi connectivity index (χ3n) is 6.71. The third kappa shape index (κ3) is 4.40. The molecule has 1 aliphatic heterocycles. The van der Waals surface area contributed by atoms with Crippen LogP contribution in [0.25, 0.3) is 10.8 Å². The Morgan fingerprint density at radius 3 is 2.41 bits per heavy atom. The van der Waals surface area contributed by atoms with E-state index in [1.807, 2.05) is 75.4 Å². The van der Waals surface area contributed by atoms with Crippen LogP contribution in [0.3, 0.4) is 0 Å². The summed E-state index contributed by atoms with van der Waals surface area (Å²) >= 11 is 0. The number of nitrogens with zero attached hydrogens (tertiary/aromatic N) is 2. The molecule has 34 heavy (non-hydrogen) atoms. The molecule has 0 radical (unpaired) electrons. The second-order valence-corrected chi connectivity index (χ2v) is 9.01. The van der Waals surface area contributed by atoms with Crippen molar-refractivity contribution in [2.75, 3.05) is 11.4 Å². The summed E-state index contributed by atoms with van der Waals surface area (Å²) in [5, 5.41) is 4.82. The van der Waals surface area contributed by atoms with Crippen LogP contribution in [0.4, 0.5) is 5.69 Å². The normalized spacial score (nSPS) is 14.2. The number of hydrogen-bond donors (Lipinski definition) is 1. The van der Waals surface area contributed by atoms with E-state index in [1.54, 1.807) is 17.9 Å². The fourth-order valence-corrected chi connectivity index (χ4v) is 4.38. The summed E-state index contributed by atoms with van der Waals surface area (Å²) in [5.74, 6) is -0.657. The molecule has 3 aromatic carbocycles. The van der Waals surface area contributed by atoms with Crippen LogP contribution in [0.5, 0.6) is 0 Å². The molecule has 6 heteroatoms. The molecule has 2 atom stereocenters. The van der Waals surface area contributed by atoms with Gasteiger partial charge in [-0.25, -0.2) is 0 Å². The second kappa shape index (κ2) is 9.67. The quantitative estimate of drug-likeness (QED) is 0.544. The summed E-state index contributed by atoms with van der Waals surface area (Å²) in [7, 11) is 0. The van der Waals surface area contributed by atoms with E-state index in [2.05, 4.69) is 5.32 Å². The van der Waals surface area contributed by atoms with Crippen LogP contribution in [0.2, 0.25) is 0 Å². The fourth-order valence-electron chi connectivity index (χ4n) is 4.38. The average Bonchev–Trinajstić information content (AvgIpc) is 3.11. The lowest BCUT2D eigenvalue weighted by Gasteiger charge is -2.31. The Balaban J connectivity index is 1.63. The third-order valence-corrected chi connectivity index (χ3v) is 6.71. The van der Waals surface area contributed by atoms with Crippen molar-refractivity contribution in [2.45, 2.75) is 52.7 Å². The highest BCUT2D eigenvalue weighted by Crippen LogP contribution is 2.37. The van der Waals surface area contributed by atoms with Crippen molar-refractivity contribution in [1.29, 1.82) is 0 Å². The molecule has 0 bridgehead atoms. The van der Waals surface area contributed by atoms with Crippen molar-refractivity contribution < 1.29 is 14.4 Å². The Bertz CT molecular complexity index is 1250. The number of carbonyl (C=O) groups is 3. The number of hydrogen-bond acceptors (Lipinski definition) is 3. The van der Waals surface area contributed by atoms with Gasteiger partial charge in [0.05, 0.1) is 5.69 Å². The van der Waals surface area contributed by atoms with E-state index in [9.17, 15) is 14.4 Å². The molecule has 3 aromatic rings. The molecule has 1 N–H and O–H groups in total. The highest BCUT2D eigenvalue weighted by molar-refractivity contribution is 6.26. The van der Waals surface area contributed by atoms with E-state index in [-0.39, 0.29) is 30.3 Å². The average molecular weight is 458 g/mol. The first kappa shape index (κ1) is 23.5. The molecule has 0 aromatic heterocycles. The summed E-state index contributed by atoms with van der Waals surface area (Å²) < 4.78 is 0. The molecule has 1 aliphatic rings. The Hall–Kier alpha value is -3.67. The van der Waals surface area contributed by atoms with Gasteiger partial charge in [0.15, 0.2) is 0 Å². The van der Waals surface area contributed by atoms with Gasteiger partial charge in [0.1, 0.15) is 12.6 Å². The number of rotatable bonds is 8. The van der Waals surface area contributed by atoms with Gasteiger partial charge in [0.25, 0.3) is 5.91 Å². The second-order valence-electron chi connectivity index (χ2n) is 9.01. The molecule has 4 rings (SSSR count). The minimum Gasteiger partial charge on any atom is -0.352 e. The van der Waals surface area contributed by atoms with Crippen molar-refractivity contribution in [3.8, 4) is 0 Å². The summed E-state index contributed by atoms with van der Waals surface area (Å²) in [4.78, 5) is 43.0. The van der Waals surface area contributed by atoms with E-state index < -0.39 is 6.04 Å². The first-order valence-electron chi connectivity index (χ1n) is 11.8. The topological polar surface area (TPSA) is 69.7 Å². The minimum absolute atomic E-state index is 0.0117. The maximum atomic E-state index is 13.7. The largest absolute Gasteiger partial charge is 0.352 e. The van der Waals surface area contributed by atoms with Crippen LogP contribution in [-0.2, 0) is 16.1 Å². The van der Waals surface area contributed by atoms with Crippen molar-refractivity contribution >= 4 is 34.2 Å². The summed E-state index contributed by atoms with van der Waals surface area (Å²) in [6.07, 6.45) is 0.800. The van der Waals surface area contributed by atoms with Crippen molar-refractivity contribution in [3.63, 3.8) is 0 Å². The van der Waals surface area contributed by atoms with Crippen LogP contribution in [0.15, 0.2) is 60.7 Å². The van der Waals surface area contributed by atoms with Gasteiger partial charge >= 0.3 is 0 Å². The Morgan fingerprint density at radius 1 is 1.00 bits per heavy atom. The summed E-state index contributed by atoms with van der Waals surface area (Å²) in [5.41, 5.74) is 3.36. The number of aryl methyl sites for hydroxylation is 1. The fraction of sp³-hybridized carbons (Fsp3) is 0.321. The van der Waals surface area contributed by atoms with E-state index in [0.717, 1.165) is 34.0 Å². The SMILES string of the molecule is CCC(C)NC(=O)C(C)N(Cc1ccccc1C)C(=O)CN1C(=O)c2cccc3cccc1c23. The zero-order valence-corrected chi connectivity index (χ0v) is 20.2. The lowest BCUT2D eigenvalue weighted by atomic mass is 10.1. The lowest BCUT2D eigenvalue weighted by molar-refractivity contribution is -0.139. The molecule has 0 aliphatic carbocycles. The monoisotopic (exact) mass is 457 g/mol. The molecular formula is C28H31N3O3. The maximum Gasteiger partial charge on any atom is 0.259 e. The Kier molecular flexibility index (Phi) is 6.68. The van der Waals surface area contributed by atoms with Crippen LogP contribution in [-0.4, -0.2) is 41.2 Å². The van der Waals surface area contributed by atoms with Gasteiger partial charge in [-0.3, -0.25) is 19.3 Å². The van der Waals surface area contributed by atoms with Crippen LogP contribution < -0.4 is 10.2 Å². The maximum absolute atomic E-state index is 13.7. The molecule has 1 heterocycles. The molecule has 0 spiro atoms. The number of carbonyl (C=O) groups excluding carboxylic acids is 3. The predicted molar refractivity (Wildman–Crippen MR) is 135 cm³/mol. The molecule has 176 valence electrons. The molecule has 2 unspecified atom stereocenters. The molecular weight excluding hydrogens is 426 g/mol. The lowest BCUT2D eigenvalue weighted by Crippen LogP contribution is -2.52. The van der Waals surface area contributed by atoms with Crippen LogP contribution in [0, 0.1) is 6.92 Å². The van der Waals surface area contributed by atoms with Crippen LogP contribution in [0.1, 0.15) is 48.7 Å². The van der Waals surface area contributed by atoms with Crippen LogP contribution >= 0.6 is 0 Å². The molecule has 3 amide bonds. The van der Waals surface area contributed by atoms with Crippen molar-refractivity contribution in [3.05, 3.63) is 77.4 Å². The Morgan fingerprint density at radius 2 is 1.71 bits per heavy atom. The van der Waals surface area contributed by atoms with Gasteiger partial charge in [-0.15, -0.1) is 0 Å². The van der Waals surface area contributed by atoms with E-state index in [1.165, 1.54) is 4.90 Å². The highest BCUT2D eigenvalue weighted by Gasteiger charge is 2.34. The first-order chi connectivity index (χ1) is 16.3. The molecule has 6 nitrogen and oxygen atoms in total. The standard InChI is InChI=1S/C28H31N3O3/c1-5-19(3)29-27(33)20(4)30(16-22-11-7-6-10-18(22)2)25(32)17-31-24-15-9-13-21-12-8-14-23(26(21)24)28(31)34/h6-15,19-20H,5,16-17H2,1-4H3,(H,29,33). The van der Waals surface area contributed by atoms with Gasteiger partial charge < -0.3 is 10.2 Å². The Labute approximate surface area is 200 Å². The zero-order chi connectivity index (χ0) is 24.4. The zero-order valence-electron chi connectivity index (χ0n) is 20.2. The van der Waals surface area contributed by atoms with Gasteiger partial charge in [-0.2, -0.15) is 0 Å². The highest BCUT2D eigenvalue weighted by atomic mass is 16.2. The van der Waals surface area contributed by atoms with E-state index >= 15 is 0 Å². The minimum atomic E-state index is -0.683. The summed E-state index contributed by atoms with van der Waals surface area (Å²) in [6, 6.07) is 18.5. The number of benzene rings is 3. The predicted octanol–water partition coefficient (Wildman–Crippen LogP) is 4.44. The molecule has 0 saturated heterocycles. The number of anilines is 1. The van der Waals surface area contributed by atoms with Gasteiger partial charge in [0.2, 0.25) is 11.8 Å². The van der Waals surface area contributed by atoms with Crippen molar-refractivity contribution in [2.24, 2.45) is 0 Å². The smallest absolute Gasteiger partial charge is 0.259 e. The van der Waals surface area contributed by atoms with E-state index in [4.69, 9.17) is 0 Å². The van der Waals surface area contributed by atoms with Gasteiger partial charge in [0, 0.05) is 23.5 Å².